The molecule has 3 saturated heterocycles. The Morgan fingerprint density at radius 2 is 0.726 bits per heavy atom. The number of hydrogen-bond donors (Lipinski definition) is 3. The lowest BCUT2D eigenvalue weighted by Gasteiger charge is -2.09. The third kappa shape index (κ3) is 22.9. The summed E-state index contributed by atoms with van der Waals surface area (Å²) in [5, 5.41) is 4.55. The normalized spacial score (nSPS) is 15.3. The molecule has 0 radical (unpaired) electrons. The highest BCUT2D eigenvalue weighted by atomic mass is 32.2. The van der Waals surface area contributed by atoms with Crippen LogP contribution in [0.4, 0.5) is 23.2 Å². The van der Waals surface area contributed by atoms with Crippen molar-refractivity contribution >= 4 is 86.1 Å². The molecule has 3 aliphatic heterocycles. The van der Waals surface area contributed by atoms with Crippen LogP contribution >= 0.6 is 35.3 Å². The van der Waals surface area contributed by atoms with Gasteiger partial charge in [-0.15, -0.1) is 0 Å². The average molecular weight is 1200 g/mol. The van der Waals surface area contributed by atoms with E-state index in [2.05, 4.69) is 29.1 Å². The number of carbonyl (C=O) groups excluding carboxylic acids is 9. The summed E-state index contributed by atoms with van der Waals surface area (Å²) in [7, 11) is 1.55. The zero-order valence-electron chi connectivity index (χ0n) is 46.7. The number of thioether (sulfide) groups is 3. The Labute approximate surface area is 498 Å². The number of nitrogens with one attached hydrogen (secondary N) is 3. The lowest BCUT2D eigenvalue weighted by Crippen LogP contribution is -2.25. The molecule has 3 aliphatic rings. The molecule has 16 nitrogen and oxygen atoms in total. The maximum absolute atomic E-state index is 13.1. The smallest absolute Gasteiger partial charge is 0.286 e. The molecule has 84 heavy (non-hydrogen) atoms. The monoisotopic (exact) mass is 1200 g/mol. The van der Waals surface area contributed by atoms with E-state index in [0.717, 1.165) is 52.0 Å². The van der Waals surface area contributed by atoms with E-state index < -0.39 is 27.4 Å². The fourth-order valence-electron chi connectivity index (χ4n) is 7.21. The molecule has 9 rings (SSSR count). The standard InChI is InChI=1S/C19H17NO5S.2C18H14FNO4S.C4H6.2C2H6/c1-24-15-4-2-3-13(10-15)16(21)11-25-14-7-5-12(6-8-14)9-17-18(22)20-19(23)26-17;2*19-13-3-1-2-12(9-13)15(21)10-24-14-6-4-11(5-7-14)8-16-17(22)20-18(23)25-16;1-3-4-2;2*1-2/h2-8,10,17H,9,11H2,1H3,(H,20,22,23);2*1-7,9,16H,8,10H2,(H,20,22,23);3-4H,1-2H2;2*1-2H3/t17-;2*16-;;;/m110.../s1. The molecule has 6 aromatic carbocycles. The third-order valence-corrected chi connectivity index (χ3v) is 14.2. The minimum atomic E-state index is -0.470. The summed E-state index contributed by atoms with van der Waals surface area (Å²) in [5.74, 6) is -0.382. The van der Waals surface area contributed by atoms with E-state index in [1.54, 1.807) is 104 Å². The number of methoxy groups -OCH3 is 1. The van der Waals surface area contributed by atoms with Crippen molar-refractivity contribution in [2.24, 2.45) is 0 Å². The summed E-state index contributed by atoms with van der Waals surface area (Å²) in [5.41, 5.74) is 3.71. The Morgan fingerprint density at radius 1 is 0.440 bits per heavy atom. The molecular formula is C63H63F2N3O13S3. The molecule has 21 heteroatoms. The summed E-state index contributed by atoms with van der Waals surface area (Å²) in [4.78, 5) is 104. The van der Waals surface area contributed by atoms with Gasteiger partial charge in [-0.25, -0.2) is 8.78 Å². The molecule has 0 unspecified atom stereocenters. The number of Topliss-reactive ketones (excluding diaryl/α,β-unsaturated/α-hetero) is 3. The van der Waals surface area contributed by atoms with E-state index >= 15 is 0 Å². The van der Waals surface area contributed by atoms with Crippen LogP contribution in [-0.4, -0.2) is 93.5 Å². The SMILES string of the molecule is C=CC=C.CC.CC.COc1cccc(C(=O)COc2ccc(C[C@H]3SC(=O)NC3=O)cc2)c1.O=C1NC(=O)[C@@H](Cc2ccc(OCC(=O)c3cccc(F)c3)cc2)S1.O=C1NC(=O)[C@H](Cc2ccc(OCC(=O)c3cccc(F)c3)cc2)S1. The Bertz CT molecular complexity index is 3110. The van der Waals surface area contributed by atoms with Gasteiger partial charge in [0.2, 0.25) is 17.7 Å². The number of ketones is 3. The van der Waals surface area contributed by atoms with Crippen molar-refractivity contribution in [1.29, 1.82) is 0 Å². The predicted molar refractivity (Wildman–Crippen MR) is 324 cm³/mol. The second-order valence-corrected chi connectivity index (χ2v) is 20.6. The molecule has 3 N–H and O–H groups in total. The minimum Gasteiger partial charge on any atom is -0.497 e. The zero-order valence-corrected chi connectivity index (χ0v) is 49.1. The number of benzene rings is 6. The Kier molecular flexibility index (Phi) is 29.1. The summed E-state index contributed by atoms with van der Waals surface area (Å²) in [6.07, 6.45) is 4.61. The first-order chi connectivity index (χ1) is 40.5. The van der Waals surface area contributed by atoms with Gasteiger partial charge in [0.25, 0.3) is 15.7 Å². The average Bonchev–Trinajstić information content (AvgIpc) is 4.36. The number of ether oxygens (including phenoxy) is 4. The fourth-order valence-corrected chi connectivity index (χ4v) is 9.79. The van der Waals surface area contributed by atoms with Gasteiger partial charge in [0.15, 0.2) is 37.2 Å². The van der Waals surface area contributed by atoms with Crippen LogP contribution in [-0.2, 0) is 33.6 Å². The van der Waals surface area contributed by atoms with Crippen molar-refractivity contribution in [2.45, 2.75) is 62.7 Å². The maximum Gasteiger partial charge on any atom is 0.286 e. The van der Waals surface area contributed by atoms with Gasteiger partial charge >= 0.3 is 0 Å². The molecule has 0 aliphatic carbocycles. The second kappa shape index (κ2) is 36.0. The molecule has 3 atom stereocenters. The Morgan fingerprint density at radius 3 is 0.976 bits per heavy atom. The van der Waals surface area contributed by atoms with E-state index in [9.17, 15) is 51.9 Å². The van der Waals surface area contributed by atoms with Gasteiger partial charge in [-0.05, 0) is 109 Å². The topological polar surface area (TPSA) is 227 Å². The first kappa shape index (κ1) is 67.8. The highest BCUT2D eigenvalue weighted by Gasteiger charge is 2.33. The lowest BCUT2D eigenvalue weighted by molar-refractivity contribution is -0.119. The van der Waals surface area contributed by atoms with E-state index in [0.29, 0.717) is 47.8 Å². The Hall–Kier alpha value is -8.66. The minimum absolute atomic E-state index is 0.0814. The number of imide groups is 3. The van der Waals surface area contributed by atoms with Gasteiger partial charge in [0, 0.05) is 16.7 Å². The van der Waals surface area contributed by atoms with E-state index in [4.69, 9.17) is 18.9 Å². The van der Waals surface area contributed by atoms with Crippen LogP contribution in [0.3, 0.4) is 0 Å². The van der Waals surface area contributed by atoms with Crippen LogP contribution in [0.5, 0.6) is 23.0 Å². The first-order valence-electron chi connectivity index (χ1n) is 26.2. The predicted octanol–water partition coefficient (Wildman–Crippen LogP) is 12.2. The van der Waals surface area contributed by atoms with Crippen LogP contribution in [0.2, 0.25) is 0 Å². The van der Waals surface area contributed by atoms with Crippen molar-refractivity contribution in [3.8, 4) is 23.0 Å². The number of rotatable bonds is 20. The van der Waals surface area contributed by atoms with Gasteiger partial charge in [0.05, 0.1) is 22.9 Å². The van der Waals surface area contributed by atoms with Crippen molar-refractivity contribution in [1.82, 2.24) is 16.0 Å². The molecule has 3 fully saturated rings. The van der Waals surface area contributed by atoms with Crippen molar-refractivity contribution < 1.29 is 70.9 Å². The molecular weight excluding hydrogens is 1140 g/mol. The van der Waals surface area contributed by atoms with Crippen LogP contribution in [0.25, 0.3) is 0 Å². The molecule has 6 amide bonds. The van der Waals surface area contributed by atoms with Crippen molar-refractivity contribution in [2.75, 3.05) is 26.9 Å². The quantitative estimate of drug-likeness (QED) is 0.0477. The highest BCUT2D eigenvalue weighted by molar-refractivity contribution is 8.16. The lowest BCUT2D eigenvalue weighted by atomic mass is 10.1. The summed E-state index contributed by atoms with van der Waals surface area (Å²) in [6.45, 7) is 14.2. The molecule has 3 heterocycles. The molecule has 0 bridgehead atoms. The molecule has 440 valence electrons. The van der Waals surface area contributed by atoms with Gasteiger partial charge in [-0.3, -0.25) is 59.1 Å². The third-order valence-electron chi connectivity index (χ3n) is 11.3. The van der Waals surface area contributed by atoms with E-state index in [1.165, 1.54) is 48.5 Å². The summed E-state index contributed by atoms with van der Waals surface area (Å²) < 4.78 is 47.7. The first-order valence-corrected chi connectivity index (χ1v) is 28.8. The van der Waals surface area contributed by atoms with Gasteiger partial charge in [-0.1, -0.05) is 161 Å². The molecule has 0 saturated carbocycles. The van der Waals surface area contributed by atoms with Crippen LogP contribution < -0.4 is 34.9 Å². The van der Waals surface area contributed by atoms with E-state index in [1.807, 2.05) is 39.8 Å². The summed E-state index contributed by atoms with van der Waals surface area (Å²) in [6, 6.07) is 38.8. The number of carbonyl (C=O) groups is 9. The zero-order chi connectivity index (χ0) is 61.6. The highest BCUT2D eigenvalue weighted by Crippen LogP contribution is 2.27. The van der Waals surface area contributed by atoms with Gasteiger partial charge in [-0.2, -0.15) is 0 Å². The van der Waals surface area contributed by atoms with Crippen LogP contribution in [0.1, 0.15) is 75.5 Å². The summed E-state index contributed by atoms with van der Waals surface area (Å²) >= 11 is 2.96. The van der Waals surface area contributed by atoms with Gasteiger partial charge in [0.1, 0.15) is 34.6 Å². The number of halogens is 2. The second-order valence-electron chi connectivity index (χ2n) is 17.1. The molecule has 6 aromatic rings. The van der Waals surface area contributed by atoms with E-state index in [-0.39, 0.29) is 81.7 Å². The van der Waals surface area contributed by atoms with Gasteiger partial charge < -0.3 is 18.9 Å². The largest absolute Gasteiger partial charge is 0.497 e. The van der Waals surface area contributed by atoms with Crippen molar-refractivity contribution in [3.05, 3.63) is 216 Å². The number of hydrogen-bond acceptors (Lipinski definition) is 16. The number of amides is 6. The maximum atomic E-state index is 13.1. The Balaban J connectivity index is 0.000000254. The molecule has 0 spiro atoms. The fraction of sp³-hybridized carbons (Fsp3) is 0.222. The number of allylic oxidation sites excluding steroid dienone is 2. The van der Waals surface area contributed by atoms with Crippen LogP contribution in [0.15, 0.2) is 171 Å². The van der Waals surface area contributed by atoms with Crippen molar-refractivity contribution in [3.63, 3.8) is 0 Å². The van der Waals surface area contributed by atoms with Crippen LogP contribution in [0, 0.1) is 11.6 Å². The molecule has 0 aromatic heterocycles.